The Bertz CT molecular complexity index is 1100. The van der Waals surface area contributed by atoms with Crippen LogP contribution < -0.4 is 5.32 Å². The molecule has 1 aromatic heterocycles. The maximum atomic E-state index is 13.3. The molecule has 1 aliphatic heterocycles. The summed E-state index contributed by atoms with van der Waals surface area (Å²) < 4.78 is 18.0. The number of benzene rings is 1. The van der Waals surface area contributed by atoms with E-state index in [1.807, 2.05) is 30.3 Å². The van der Waals surface area contributed by atoms with Gasteiger partial charge < -0.3 is 14.9 Å². The summed E-state index contributed by atoms with van der Waals surface area (Å²) in [7, 11) is 0. The lowest BCUT2D eigenvalue weighted by Gasteiger charge is -2.30. The van der Waals surface area contributed by atoms with Crippen molar-refractivity contribution in [2.45, 2.75) is 38.3 Å². The third-order valence-electron chi connectivity index (χ3n) is 5.57. The number of halogens is 1. The van der Waals surface area contributed by atoms with Crippen LogP contribution in [0.15, 0.2) is 54.3 Å². The number of aromatic nitrogens is 1. The number of oxime groups is 1. The average molecular weight is 455 g/mol. The fraction of sp³-hybridized carbons (Fsp3) is 0.375. The van der Waals surface area contributed by atoms with E-state index in [-0.39, 0.29) is 18.9 Å². The van der Waals surface area contributed by atoms with Crippen LogP contribution >= 0.6 is 0 Å². The molecule has 0 spiro atoms. The van der Waals surface area contributed by atoms with Gasteiger partial charge in [-0.25, -0.2) is 4.39 Å². The molecule has 1 aromatic carbocycles. The van der Waals surface area contributed by atoms with Crippen LogP contribution in [0.2, 0.25) is 0 Å². The van der Waals surface area contributed by atoms with Gasteiger partial charge in [0.25, 0.3) is 5.91 Å². The number of hydrogen-bond donors (Lipinski definition) is 1. The average Bonchev–Trinajstić information content (AvgIpc) is 3.28. The lowest BCUT2D eigenvalue weighted by molar-refractivity contribution is -0.153. The molecule has 1 N–H and O–H groups in total. The van der Waals surface area contributed by atoms with Crippen LogP contribution in [0.3, 0.4) is 0 Å². The Hall–Kier alpha value is -3.62. The molecule has 0 saturated carbocycles. The summed E-state index contributed by atoms with van der Waals surface area (Å²) in [6.07, 6.45) is 2.60. The molecule has 2 aromatic rings. The number of Topliss-reactive ketones (excluding diaryl/α,β-unsaturated/α-hetero) is 1. The van der Waals surface area contributed by atoms with Crippen LogP contribution in [0.25, 0.3) is 10.8 Å². The Labute approximate surface area is 190 Å². The number of alkyl halides is 1. The first-order valence-corrected chi connectivity index (χ1v) is 10.6. The molecule has 0 bridgehead atoms. The van der Waals surface area contributed by atoms with Crippen molar-refractivity contribution in [1.82, 2.24) is 10.3 Å². The van der Waals surface area contributed by atoms with Gasteiger partial charge in [-0.2, -0.15) is 0 Å². The number of ketones is 1. The Morgan fingerprint density at radius 1 is 1.30 bits per heavy atom. The Kier molecular flexibility index (Phi) is 7.52. The summed E-state index contributed by atoms with van der Waals surface area (Å²) >= 11 is 0. The zero-order valence-corrected chi connectivity index (χ0v) is 18.5. The molecule has 33 heavy (non-hydrogen) atoms. The highest BCUT2D eigenvalue weighted by molar-refractivity contribution is 6.12. The number of esters is 1. The largest absolute Gasteiger partial charge is 0.461 e. The lowest BCUT2D eigenvalue weighted by Crippen LogP contribution is -2.55. The van der Waals surface area contributed by atoms with Gasteiger partial charge in [-0.3, -0.25) is 19.4 Å². The Balaban J connectivity index is 1.83. The van der Waals surface area contributed by atoms with Gasteiger partial charge in [0, 0.05) is 23.9 Å². The smallest absolute Gasteiger partial charge is 0.308 e. The number of fused-ring (bicyclic) bond motifs is 1. The zero-order chi connectivity index (χ0) is 24.0. The predicted octanol–water partition coefficient (Wildman–Crippen LogP) is 2.90. The minimum absolute atomic E-state index is 0.0579. The Morgan fingerprint density at radius 2 is 2.06 bits per heavy atom. The fourth-order valence-electron chi connectivity index (χ4n) is 3.62. The third kappa shape index (κ3) is 5.08. The van der Waals surface area contributed by atoms with Crippen molar-refractivity contribution < 1.29 is 28.3 Å². The van der Waals surface area contributed by atoms with Crippen molar-refractivity contribution >= 4 is 34.1 Å². The molecule has 1 amide bonds. The van der Waals surface area contributed by atoms with Crippen LogP contribution in [0.4, 0.5) is 4.39 Å². The van der Waals surface area contributed by atoms with E-state index in [1.165, 1.54) is 6.08 Å². The molecule has 2 atom stereocenters. The van der Waals surface area contributed by atoms with Crippen LogP contribution in [-0.2, 0) is 24.0 Å². The third-order valence-corrected chi connectivity index (χ3v) is 5.57. The maximum absolute atomic E-state index is 13.3. The number of nitrogens with one attached hydrogen (secondary N) is 1. The number of amides is 1. The number of carbonyl (C=O) groups excluding carboxylic acids is 3. The molecule has 0 aliphatic carbocycles. The number of hydrogen-bond acceptors (Lipinski definition) is 7. The predicted molar refractivity (Wildman–Crippen MR) is 120 cm³/mol. The van der Waals surface area contributed by atoms with Crippen molar-refractivity contribution in [3.8, 4) is 0 Å². The second kappa shape index (κ2) is 10.3. The first-order valence-electron chi connectivity index (χ1n) is 10.6. The van der Waals surface area contributed by atoms with E-state index in [2.05, 4.69) is 22.0 Å². The van der Waals surface area contributed by atoms with Crippen molar-refractivity contribution in [3.05, 3.63) is 54.9 Å². The number of carbonyl (C=O) groups is 3. The van der Waals surface area contributed by atoms with Crippen molar-refractivity contribution in [3.63, 3.8) is 0 Å². The number of rotatable bonds is 10. The summed E-state index contributed by atoms with van der Waals surface area (Å²) in [5, 5.41) is 8.45. The van der Waals surface area contributed by atoms with Gasteiger partial charge in [0.15, 0.2) is 5.78 Å². The van der Waals surface area contributed by atoms with E-state index in [4.69, 9.17) is 9.57 Å². The molecule has 0 unspecified atom stereocenters. The van der Waals surface area contributed by atoms with Crippen molar-refractivity contribution in [1.29, 1.82) is 0 Å². The number of nitrogens with zero attached hydrogens (tertiary/aromatic N) is 2. The SMILES string of the molecule is C=CCOC(=O)C[C@H](NC(=O)[C@]1(C(C)C)CC(c2nccc3ccccc23)=NO1)C(=O)CF. The molecule has 2 heterocycles. The van der Waals surface area contributed by atoms with E-state index < -0.39 is 42.4 Å². The van der Waals surface area contributed by atoms with Gasteiger partial charge in [-0.1, -0.05) is 55.9 Å². The summed E-state index contributed by atoms with van der Waals surface area (Å²) in [5.41, 5.74) is -0.379. The quantitative estimate of drug-likeness (QED) is 0.436. The molecule has 0 saturated heterocycles. The molecule has 8 nitrogen and oxygen atoms in total. The summed E-state index contributed by atoms with van der Waals surface area (Å²) in [4.78, 5) is 47.4. The minimum Gasteiger partial charge on any atom is -0.461 e. The minimum atomic E-state index is -1.45. The number of pyridine rings is 1. The molecule has 0 fully saturated rings. The molecule has 9 heteroatoms. The highest BCUT2D eigenvalue weighted by Crippen LogP contribution is 2.35. The van der Waals surface area contributed by atoms with Crippen LogP contribution in [0, 0.1) is 5.92 Å². The van der Waals surface area contributed by atoms with Gasteiger partial charge in [-0.15, -0.1) is 0 Å². The second-order valence-electron chi connectivity index (χ2n) is 8.03. The van der Waals surface area contributed by atoms with Gasteiger partial charge >= 0.3 is 5.97 Å². The highest BCUT2D eigenvalue weighted by Gasteiger charge is 2.50. The van der Waals surface area contributed by atoms with Crippen molar-refractivity contribution in [2.75, 3.05) is 13.3 Å². The van der Waals surface area contributed by atoms with Crippen LogP contribution in [0.1, 0.15) is 32.4 Å². The zero-order valence-electron chi connectivity index (χ0n) is 18.5. The second-order valence-corrected chi connectivity index (χ2v) is 8.03. The van der Waals surface area contributed by atoms with E-state index >= 15 is 0 Å². The normalized spacial score (nSPS) is 18.4. The van der Waals surface area contributed by atoms with E-state index in [9.17, 15) is 18.8 Å². The van der Waals surface area contributed by atoms with E-state index in [0.717, 1.165) is 10.8 Å². The fourth-order valence-corrected chi connectivity index (χ4v) is 3.62. The standard InChI is InChI=1S/C24H26FN3O5/c1-4-11-32-21(30)12-18(20(29)14-25)27-23(31)24(15(2)3)13-19(28-33-24)22-17-8-6-5-7-16(17)9-10-26-22/h4-10,15,18H,1,11-14H2,2-3H3,(H,27,31)/t18-,24+/m0/s1. The van der Waals surface area contributed by atoms with Crippen LogP contribution in [-0.4, -0.2) is 53.3 Å². The highest BCUT2D eigenvalue weighted by atomic mass is 19.1. The topological polar surface area (TPSA) is 107 Å². The Morgan fingerprint density at radius 3 is 2.76 bits per heavy atom. The lowest BCUT2D eigenvalue weighted by atomic mass is 9.83. The number of ether oxygens (including phenoxy) is 1. The van der Waals surface area contributed by atoms with Gasteiger partial charge in [0.2, 0.25) is 5.60 Å². The molecule has 1 aliphatic rings. The summed E-state index contributed by atoms with van der Waals surface area (Å²) in [5.74, 6) is -2.72. The molecular formula is C24H26FN3O5. The first-order chi connectivity index (χ1) is 15.8. The van der Waals surface area contributed by atoms with Crippen molar-refractivity contribution in [2.24, 2.45) is 11.1 Å². The molecule has 0 radical (unpaired) electrons. The van der Waals surface area contributed by atoms with Crippen LogP contribution in [0.5, 0.6) is 0 Å². The molecule has 3 rings (SSSR count). The van der Waals surface area contributed by atoms with Gasteiger partial charge in [0.05, 0.1) is 12.1 Å². The maximum Gasteiger partial charge on any atom is 0.308 e. The van der Waals surface area contributed by atoms with Gasteiger partial charge in [-0.05, 0) is 11.5 Å². The van der Waals surface area contributed by atoms with Gasteiger partial charge in [0.1, 0.15) is 25.0 Å². The molecular weight excluding hydrogens is 429 g/mol. The monoisotopic (exact) mass is 455 g/mol. The summed E-state index contributed by atoms with van der Waals surface area (Å²) in [6.45, 7) is 5.59. The first kappa shape index (κ1) is 24.0. The van der Waals surface area contributed by atoms with E-state index in [1.54, 1.807) is 20.0 Å². The summed E-state index contributed by atoms with van der Waals surface area (Å²) in [6, 6.07) is 8.12. The van der Waals surface area contributed by atoms with E-state index in [0.29, 0.717) is 11.4 Å². The molecule has 174 valence electrons.